The molecule has 28 heavy (non-hydrogen) atoms. The molecule has 0 spiro atoms. The number of imidazole rings is 1. The van der Waals surface area contributed by atoms with Gasteiger partial charge >= 0.3 is 0 Å². The van der Waals surface area contributed by atoms with Crippen LogP contribution in [0.5, 0.6) is 0 Å². The molecular formula is C23H18N4O. The van der Waals surface area contributed by atoms with Gasteiger partial charge in [0.05, 0.1) is 16.7 Å². The van der Waals surface area contributed by atoms with Crippen molar-refractivity contribution in [2.75, 3.05) is 5.32 Å². The molecule has 5 rings (SSSR count). The highest BCUT2D eigenvalue weighted by atomic mass is 16.1. The number of hydrogen-bond acceptors (Lipinski definition) is 2. The summed E-state index contributed by atoms with van der Waals surface area (Å²) in [6.45, 7) is 0. The number of para-hydroxylation sites is 4. The molecule has 5 heteroatoms. The number of aromatic nitrogens is 3. The molecule has 0 aliphatic heterocycles. The summed E-state index contributed by atoms with van der Waals surface area (Å²) in [5, 5.41) is 4.09. The molecule has 0 saturated heterocycles. The van der Waals surface area contributed by atoms with E-state index in [4.69, 9.17) is 0 Å². The lowest BCUT2D eigenvalue weighted by molar-refractivity contribution is 0.102. The van der Waals surface area contributed by atoms with E-state index in [1.165, 1.54) is 0 Å². The van der Waals surface area contributed by atoms with Crippen LogP contribution in [0.3, 0.4) is 0 Å². The molecule has 0 bridgehead atoms. The van der Waals surface area contributed by atoms with E-state index in [1.54, 1.807) is 0 Å². The number of amides is 1. The van der Waals surface area contributed by atoms with E-state index >= 15 is 0 Å². The van der Waals surface area contributed by atoms with Crippen molar-refractivity contribution in [3.63, 3.8) is 0 Å². The number of rotatable bonds is 3. The highest BCUT2D eigenvalue weighted by Crippen LogP contribution is 2.28. The van der Waals surface area contributed by atoms with Crippen LogP contribution in [0.1, 0.15) is 10.5 Å². The Hall–Kier alpha value is -3.86. The highest BCUT2D eigenvalue weighted by molar-refractivity contribution is 6.08. The lowest BCUT2D eigenvalue weighted by Gasteiger charge is -2.10. The summed E-state index contributed by atoms with van der Waals surface area (Å²) in [4.78, 5) is 21.0. The van der Waals surface area contributed by atoms with Crippen molar-refractivity contribution < 1.29 is 4.79 Å². The number of aryl methyl sites for hydroxylation is 1. The lowest BCUT2D eigenvalue weighted by atomic mass is 10.1. The molecule has 1 amide bonds. The largest absolute Gasteiger partial charge is 0.340 e. The first-order valence-corrected chi connectivity index (χ1v) is 9.11. The fraction of sp³-hybridized carbons (Fsp3) is 0.0435. The second-order valence-electron chi connectivity index (χ2n) is 6.75. The minimum Gasteiger partial charge on any atom is -0.340 e. The summed E-state index contributed by atoms with van der Waals surface area (Å²) < 4.78 is 1.91. The monoisotopic (exact) mass is 366 g/mol. The van der Waals surface area contributed by atoms with Crippen LogP contribution in [0.4, 0.5) is 5.69 Å². The summed E-state index contributed by atoms with van der Waals surface area (Å²) in [6.07, 6.45) is 0. The minimum absolute atomic E-state index is 0.151. The SMILES string of the molecule is Cn1c(C(=O)Nc2ccccc2-c2nc3ccccc3[nH]2)cc2ccccc21. The normalized spacial score (nSPS) is 11.2. The molecule has 2 N–H and O–H groups in total. The quantitative estimate of drug-likeness (QED) is 0.473. The van der Waals surface area contributed by atoms with Gasteiger partial charge in [-0.1, -0.05) is 42.5 Å². The Morgan fingerprint density at radius 3 is 2.57 bits per heavy atom. The van der Waals surface area contributed by atoms with E-state index in [0.717, 1.165) is 39.0 Å². The van der Waals surface area contributed by atoms with Gasteiger partial charge < -0.3 is 14.9 Å². The molecule has 136 valence electrons. The minimum atomic E-state index is -0.151. The Morgan fingerprint density at radius 1 is 0.964 bits per heavy atom. The summed E-state index contributed by atoms with van der Waals surface area (Å²) in [7, 11) is 1.91. The zero-order valence-electron chi connectivity index (χ0n) is 15.3. The van der Waals surface area contributed by atoms with Gasteiger partial charge in [-0.3, -0.25) is 4.79 Å². The number of H-pyrrole nitrogens is 1. The molecule has 0 atom stereocenters. The van der Waals surface area contributed by atoms with Crippen molar-refractivity contribution in [1.29, 1.82) is 0 Å². The third kappa shape index (κ3) is 2.65. The number of nitrogens with one attached hydrogen (secondary N) is 2. The first kappa shape index (κ1) is 16.3. The Balaban J connectivity index is 1.53. The molecule has 0 aliphatic rings. The van der Waals surface area contributed by atoms with E-state index in [-0.39, 0.29) is 5.91 Å². The van der Waals surface area contributed by atoms with Crippen molar-refractivity contribution in [1.82, 2.24) is 14.5 Å². The summed E-state index contributed by atoms with van der Waals surface area (Å²) >= 11 is 0. The van der Waals surface area contributed by atoms with Crippen LogP contribution >= 0.6 is 0 Å². The predicted octanol–water partition coefficient (Wildman–Crippen LogP) is 4.97. The lowest BCUT2D eigenvalue weighted by Crippen LogP contribution is -2.16. The first-order valence-electron chi connectivity index (χ1n) is 9.11. The molecule has 2 heterocycles. The number of anilines is 1. The molecule has 0 unspecified atom stereocenters. The van der Waals surface area contributed by atoms with E-state index in [2.05, 4.69) is 15.3 Å². The number of carbonyl (C=O) groups is 1. The second-order valence-corrected chi connectivity index (χ2v) is 6.75. The molecule has 3 aromatic carbocycles. The summed E-state index contributed by atoms with van der Waals surface area (Å²) in [5.74, 6) is 0.580. The van der Waals surface area contributed by atoms with E-state index in [1.807, 2.05) is 90.5 Å². The van der Waals surface area contributed by atoms with Crippen molar-refractivity contribution >= 4 is 33.5 Å². The average molecular weight is 366 g/mol. The molecule has 5 nitrogen and oxygen atoms in total. The van der Waals surface area contributed by atoms with Crippen LogP contribution in [0.2, 0.25) is 0 Å². The van der Waals surface area contributed by atoms with E-state index < -0.39 is 0 Å². The standard InChI is InChI=1S/C23H18N4O/c1-27-20-13-7-2-8-15(20)14-21(27)23(28)26-17-10-4-3-9-16(17)22-24-18-11-5-6-12-19(18)25-22/h2-14H,1H3,(H,24,25)(H,26,28). The Bertz CT molecular complexity index is 1300. The van der Waals surface area contributed by atoms with Crippen molar-refractivity contribution in [2.45, 2.75) is 0 Å². The van der Waals surface area contributed by atoms with Crippen molar-refractivity contribution in [2.24, 2.45) is 7.05 Å². The fourth-order valence-corrected chi connectivity index (χ4v) is 3.57. The topological polar surface area (TPSA) is 62.7 Å². The highest BCUT2D eigenvalue weighted by Gasteiger charge is 2.16. The Kier molecular flexibility index (Phi) is 3.72. The third-order valence-electron chi connectivity index (χ3n) is 5.00. The summed E-state index contributed by atoms with van der Waals surface area (Å²) in [5.41, 5.74) is 5.07. The van der Waals surface area contributed by atoms with Gasteiger partial charge in [0.15, 0.2) is 0 Å². The summed E-state index contributed by atoms with van der Waals surface area (Å²) in [6, 6.07) is 25.4. The number of aromatic amines is 1. The van der Waals surface area contributed by atoms with Gasteiger partial charge in [0.25, 0.3) is 5.91 Å². The van der Waals surface area contributed by atoms with Gasteiger partial charge in [-0.25, -0.2) is 4.98 Å². The molecule has 0 fully saturated rings. The average Bonchev–Trinajstić information content (AvgIpc) is 3.30. The molecule has 2 aromatic heterocycles. The maximum atomic E-state index is 13.0. The van der Waals surface area contributed by atoms with Gasteiger partial charge in [-0.2, -0.15) is 0 Å². The molecule has 0 radical (unpaired) electrons. The fourth-order valence-electron chi connectivity index (χ4n) is 3.57. The Labute approximate surface area is 161 Å². The molecular weight excluding hydrogens is 348 g/mol. The number of nitrogens with zero attached hydrogens (tertiary/aromatic N) is 2. The molecule has 0 aliphatic carbocycles. The Morgan fingerprint density at radius 2 is 1.71 bits per heavy atom. The number of fused-ring (bicyclic) bond motifs is 2. The predicted molar refractivity (Wildman–Crippen MR) is 112 cm³/mol. The zero-order valence-corrected chi connectivity index (χ0v) is 15.3. The number of benzene rings is 3. The van der Waals surface area contributed by atoms with Crippen molar-refractivity contribution in [3.8, 4) is 11.4 Å². The van der Waals surface area contributed by atoms with Gasteiger partial charge in [0.1, 0.15) is 11.5 Å². The maximum absolute atomic E-state index is 13.0. The van der Waals surface area contributed by atoms with Gasteiger partial charge in [0.2, 0.25) is 0 Å². The van der Waals surface area contributed by atoms with E-state index in [0.29, 0.717) is 5.69 Å². The van der Waals surface area contributed by atoms with Crippen LogP contribution in [0.15, 0.2) is 78.9 Å². The second kappa shape index (κ2) is 6.39. The van der Waals surface area contributed by atoms with Crippen LogP contribution < -0.4 is 5.32 Å². The first-order chi connectivity index (χ1) is 13.7. The van der Waals surface area contributed by atoms with Crippen LogP contribution in [0, 0.1) is 0 Å². The number of hydrogen-bond donors (Lipinski definition) is 2. The van der Waals surface area contributed by atoms with Crippen LogP contribution in [0.25, 0.3) is 33.3 Å². The third-order valence-corrected chi connectivity index (χ3v) is 5.00. The van der Waals surface area contributed by atoms with E-state index in [9.17, 15) is 4.79 Å². The molecule has 5 aromatic rings. The van der Waals surface area contributed by atoms with Gasteiger partial charge in [-0.15, -0.1) is 0 Å². The molecule has 0 saturated carbocycles. The van der Waals surface area contributed by atoms with Crippen LogP contribution in [-0.4, -0.2) is 20.4 Å². The van der Waals surface area contributed by atoms with Gasteiger partial charge in [0, 0.05) is 23.5 Å². The van der Waals surface area contributed by atoms with Crippen LogP contribution in [-0.2, 0) is 7.05 Å². The van der Waals surface area contributed by atoms with Crippen molar-refractivity contribution in [3.05, 3.63) is 84.6 Å². The zero-order chi connectivity index (χ0) is 19.1. The van der Waals surface area contributed by atoms with Gasteiger partial charge in [-0.05, 0) is 36.4 Å². The smallest absolute Gasteiger partial charge is 0.272 e. The number of carbonyl (C=O) groups excluding carboxylic acids is 1. The maximum Gasteiger partial charge on any atom is 0.272 e.